The maximum Gasteiger partial charge on any atom is 0.266 e. The molecule has 0 bridgehead atoms. The van der Waals surface area contributed by atoms with Crippen LogP contribution in [0.4, 0.5) is 10.8 Å². The lowest BCUT2D eigenvalue weighted by Gasteiger charge is -2.14. The average molecular weight is 531 g/mol. The van der Waals surface area contributed by atoms with E-state index in [2.05, 4.69) is 15.0 Å². The van der Waals surface area contributed by atoms with Gasteiger partial charge in [0.25, 0.3) is 15.9 Å². The van der Waals surface area contributed by atoms with E-state index < -0.39 is 10.0 Å². The highest BCUT2D eigenvalue weighted by molar-refractivity contribution is 8.26. The molecule has 4 rings (SSSR count). The smallest absolute Gasteiger partial charge is 0.266 e. The zero-order valence-electron chi connectivity index (χ0n) is 17.5. The molecule has 3 aromatic rings. The minimum atomic E-state index is -3.77. The molecule has 0 spiro atoms. The second kappa shape index (κ2) is 10.5. The van der Waals surface area contributed by atoms with Crippen LogP contribution in [0, 0.1) is 0 Å². The largest absolute Gasteiger partial charge is 0.326 e. The SMILES string of the molecule is O=C(CCN1C(=O)C(=Cc2ccccc2)SC1=S)Nc1ccc(S(=O)(=O)Nc2nccs2)cc1. The van der Waals surface area contributed by atoms with Crippen molar-refractivity contribution in [2.24, 2.45) is 0 Å². The van der Waals surface area contributed by atoms with E-state index in [9.17, 15) is 18.0 Å². The summed E-state index contributed by atoms with van der Waals surface area (Å²) >= 11 is 7.69. The van der Waals surface area contributed by atoms with Crippen LogP contribution in [0.25, 0.3) is 6.08 Å². The Morgan fingerprint density at radius 2 is 1.85 bits per heavy atom. The number of sulfonamides is 1. The Bertz CT molecular complexity index is 1340. The number of anilines is 2. The van der Waals surface area contributed by atoms with Gasteiger partial charge in [0.2, 0.25) is 5.91 Å². The molecule has 1 saturated heterocycles. The van der Waals surface area contributed by atoms with Gasteiger partial charge in [-0.15, -0.1) is 11.3 Å². The molecule has 34 heavy (non-hydrogen) atoms. The summed E-state index contributed by atoms with van der Waals surface area (Å²) in [7, 11) is -3.77. The second-order valence-corrected chi connectivity index (χ2v) is 11.3. The van der Waals surface area contributed by atoms with Crippen LogP contribution in [0.15, 0.2) is 76.0 Å². The molecule has 0 atom stereocenters. The third-order valence-electron chi connectivity index (χ3n) is 4.64. The van der Waals surface area contributed by atoms with Crippen molar-refractivity contribution < 1.29 is 18.0 Å². The lowest BCUT2D eigenvalue weighted by molar-refractivity contribution is -0.122. The highest BCUT2D eigenvalue weighted by Gasteiger charge is 2.32. The number of benzene rings is 2. The Morgan fingerprint density at radius 1 is 1.12 bits per heavy atom. The Kier molecular flexibility index (Phi) is 7.41. The first-order chi connectivity index (χ1) is 16.3. The van der Waals surface area contributed by atoms with Gasteiger partial charge in [-0.25, -0.2) is 13.4 Å². The van der Waals surface area contributed by atoms with Gasteiger partial charge in [-0.3, -0.25) is 19.2 Å². The molecule has 1 fully saturated rings. The summed E-state index contributed by atoms with van der Waals surface area (Å²) in [4.78, 5) is 31.0. The van der Waals surface area contributed by atoms with Gasteiger partial charge in [-0.1, -0.05) is 54.3 Å². The summed E-state index contributed by atoms with van der Waals surface area (Å²) in [6.45, 7) is 0.146. The Balaban J connectivity index is 1.32. The molecule has 1 aliphatic heterocycles. The van der Waals surface area contributed by atoms with E-state index in [1.165, 1.54) is 58.5 Å². The molecule has 0 radical (unpaired) electrons. The van der Waals surface area contributed by atoms with Crippen LogP contribution in [-0.4, -0.2) is 41.0 Å². The van der Waals surface area contributed by atoms with Gasteiger partial charge in [-0.05, 0) is 35.9 Å². The third-order valence-corrected chi connectivity index (χ3v) is 8.19. The molecule has 0 saturated carbocycles. The molecule has 0 aliphatic carbocycles. The van der Waals surface area contributed by atoms with E-state index in [1.54, 1.807) is 11.5 Å². The summed E-state index contributed by atoms with van der Waals surface area (Å²) < 4.78 is 27.6. The fourth-order valence-electron chi connectivity index (χ4n) is 3.00. The molecule has 2 aromatic carbocycles. The number of nitrogens with one attached hydrogen (secondary N) is 2. The van der Waals surface area contributed by atoms with Crippen LogP contribution in [0.5, 0.6) is 0 Å². The van der Waals surface area contributed by atoms with E-state index >= 15 is 0 Å². The number of nitrogens with zero attached hydrogens (tertiary/aromatic N) is 2. The third kappa shape index (κ3) is 5.89. The van der Waals surface area contributed by atoms with Crippen LogP contribution in [-0.2, 0) is 19.6 Å². The number of thioether (sulfide) groups is 1. The zero-order chi connectivity index (χ0) is 24.1. The number of carbonyl (C=O) groups excluding carboxylic acids is 2. The number of hydrogen-bond acceptors (Lipinski definition) is 8. The average Bonchev–Trinajstić information content (AvgIpc) is 3.41. The number of thiazole rings is 1. The standard InChI is InChI=1S/C22H18N4O4S4/c27-19(10-12-26-20(28)18(33-22(26)31)14-15-4-2-1-3-5-15)24-16-6-8-17(9-7-16)34(29,30)25-21-23-11-13-32-21/h1-9,11,13-14H,10,12H2,(H,23,25)(H,24,27). The lowest BCUT2D eigenvalue weighted by Crippen LogP contribution is -2.31. The molecule has 2 amide bonds. The van der Waals surface area contributed by atoms with Crippen molar-refractivity contribution in [3.63, 3.8) is 0 Å². The molecule has 0 unspecified atom stereocenters. The summed E-state index contributed by atoms with van der Waals surface area (Å²) in [5, 5.41) is 4.64. The van der Waals surface area contributed by atoms with Crippen molar-refractivity contribution in [3.8, 4) is 0 Å². The van der Waals surface area contributed by atoms with E-state index in [4.69, 9.17) is 12.2 Å². The van der Waals surface area contributed by atoms with E-state index in [1.807, 2.05) is 30.3 Å². The molecule has 174 valence electrons. The van der Waals surface area contributed by atoms with Gasteiger partial charge in [0, 0.05) is 30.2 Å². The Morgan fingerprint density at radius 3 is 2.53 bits per heavy atom. The van der Waals surface area contributed by atoms with E-state index in [0.29, 0.717) is 14.9 Å². The summed E-state index contributed by atoms with van der Waals surface area (Å²) in [6.07, 6.45) is 3.32. The zero-order valence-corrected chi connectivity index (χ0v) is 20.8. The first kappa shape index (κ1) is 24.1. The predicted molar refractivity (Wildman–Crippen MR) is 139 cm³/mol. The number of amides is 2. The van der Waals surface area contributed by atoms with Crippen molar-refractivity contribution in [1.29, 1.82) is 0 Å². The van der Waals surface area contributed by atoms with Crippen molar-refractivity contribution in [2.45, 2.75) is 11.3 Å². The number of aromatic nitrogens is 1. The van der Waals surface area contributed by atoms with E-state index in [-0.39, 0.29) is 34.8 Å². The molecule has 1 aliphatic rings. The minimum Gasteiger partial charge on any atom is -0.326 e. The fraction of sp³-hybridized carbons (Fsp3) is 0.0909. The Labute approximate surface area is 210 Å². The van der Waals surface area contributed by atoms with Gasteiger partial charge in [0.1, 0.15) is 4.32 Å². The maximum absolute atomic E-state index is 12.7. The van der Waals surface area contributed by atoms with Crippen LogP contribution in [0.3, 0.4) is 0 Å². The lowest BCUT2D eigenvalue weighted by atomic mass is 10.2. The van der Waals surface area contributed by atoms with Gasteiger partial charge in [0.15, 0.2) is 5.13 Å². The second-order valence-electron chi connectivity index (χ2n) is 7.01. The van der Waals surface area contributed by atoms with Crippen LogP contribution in [0.1, 0.15) is 12.0 Å². The highest BCUT2D eigenvalue weighted by Crippen LogP contribution is 2.32. The van der Waals surface area contributed by atoms with Crippen molar-refractivity contribution in [3.05, 3.63) is 76.6 Å². The topological polar surface area (TPSA) is 108 Å². The minimum absolute atomic E-state index is 0.0384. The quantitative estimate of drug-likeness (QED) is 0.332. The van der Waals surface area contributed by atoms with Gasteiger partial charge < -0.3 is 5.32 Å². The molecular formula is C22H18N4O4S4. The highest BCUT2D eigenvalue weighted by atomic mass is 32.2. The molecule has 8 nitrogen and oxygen atoms in total. The van der Waals surface area contributed by atoms with Gasteiger partial charge >= 0.3 is 0 Å². The number of hydrogen-bond donors (Lipinski definition) is 2. The molecule has 12 heteroatoms. The van der Waals surface area contributed by atoms with Crippen molar-refractivity contribution in [1.82, 2.24) is 9.88 Å². The molecular weight excluding hydrogens is 513 g/mol. The molecule has 1 aromatic heterocycles. The predicted octanol–water partition coefficient (Wildman–Crippen LogP) is 4.17. The van der Waals surface area contributed by atoms with Crippen LogP contribution < -0.4 is 10.0 Å². The first-order valence-electron chi connectivity index (χ1n) is 9.94. The summed E-state index contributed by atoms with van der Waals surface area (Å²) in [6, 6.07) is 15.2. The number of thiocarbonyl (C=S) groups is 1. The van der Waals surface area contributed by atoms with E-state index in [0.717, 1.165) is 5.56 Å². The van der Waals surface area contributed by atoms with Gasteiger partial charge in [-0.2, -0.15) is 0 Å². The fourth-order valence-corrected chi connectivity index (χ4v) is 6.09. The van der Waals surface area contributed by atoms with Crippen LogP contribution >= 0.6 is 35.3 Å². The monoisotopic (exact) mass is 530 g/mol. The van der Waals surface area contributed by atoms with Crippen LogP contribution in [0.2, 0.25) is 0 Å². The number of rotatable bonds is 8. The molecule has 2 heterocycles. The molecule has 2 N–H and O–H groups in total. The van der Waals surface area contributed by atoms with Crippen molar-refractivity contribution >= 4 is 78.4 Å². The van der Waals surface area contributed by atoms with Gasteiger partial charge in [0.05, 0.1) is 9.80 Å². The first-order valence-corrected chi connectivity index (χ1v) is 13.5. The maximum atomic E-state index is 12.7. The summed E-state index contributed by atoms with van der Waals surface area (Å²) in [5.41, 5.74) is 1.33. The van der Waals surface area contributed by atoms with Crippen molar-refractivity contribution in [2.75, 3.05) is 16.6 Å². The summed E-state index contributed by atoms with van der Waals surface area (Å²) in [5.74, 6) is -0.549. The number of carbonyl (C=O) groups is 2. The Hall–Kier alpha value is -3.06. The normalized spacial score (nSPS) is 15.1.